The molecule has 0 fully saturated rings. The first-order valence-electron chi connectivity index (χ1n) is 9.11. The summed E-state index contributed by atoms with van der Waals surface area (Å²) in [6, 6.07) is 23.9. The van der Waals surface area contributed by atoms with Crippen LogP contribution in [0.3, 0.4) is 0 Å². The van der Waals surface area contributed by atoms with Crippen LogP contribution in [0, 0.1) is 0 Å². The zero-order valence-corrected chi connectivity index (χ0v) is 14.9. The number of aryl methyl sites for hydroxylation is 1. The lowest BCUT2D eigenvalue weighted by atomic mass is 10.1. The van der Waals surface area contributed by atoms with Gasteiger partial charge in [0.2, 0.25) is 0 Å². The van der Waals surface area contributed by atoms with Gasteiger partial charge in [-0.15, -0.1) is 0 Å². The second-order valence-corrected chi connectivity index (χ2v) is 7.01. The minimum atomic E-state index is 1.16. The van der Waals surface area contributed by atoms with E-state index in [4.69, 9.17) is 0 Å². The minimum Gasteiger partial charge on any atom is -0.344 e. The van der Waals surface area contributed by atoms with Gasteiger partial charge in [-0.1, -0.05) is 47.9 Å². The third-order valence-corrected chi connectivity index (χ3v) is 5.62. The fraction of sp³-hybridized carbons (Fsp3) is 0.0400. The van der Waals surface area contributed by atoms with Crippen molar-refractivity contribution in [1.82, 2.24) is 9.13 Å². The molecule has 0 spiro atoms. The summed E-state index contributed by atoms with van der Waals surface area (Å²) in [5.74, 6) is 0. The van der Waals surface area contributed by atoms with E-state index in [0.29, 0.717) is 0 Å². The molecule has 0 unspecified atom stereocenters. The summed E-state index contributed by atoms with van der Waals surface area (Å²) < 4.78 is 4.60. The summed E-state index contributed by atoms with van der Waals surface area (Å²) in [6.07, 6.45) is 4.06. The molecule has 1 aliphatic carbocycles. The molecule has 3 aromatic carbocycles. The van der Waals surface area contributed by atoms with Crippen molar-refractivity contribution in [3.63, 3.8) is 0 Å². The van der Waals surface area contributed by atoms with Crippen molar-refractivity contribution in [3.05, 3.63) is 89.4 Å². The van der Waals surface area contributed by atoms with E-state index in [-0.39, 0.29) is 0 Å². The lowest BCUT2D eigenvalue weighted by Gasteiger charge is -2.10. The average molecular weight is 344 g/mol. The maximum absolute atomic E-state index is 3.13. The predicted octanol–water partition coefficient (Wildman–Crippen LogP) is 6.07. The molecule has 27 heavy (non-hydrogen) atoms. The number of hydrogen-bond donors (Lipinski definition) is 0. The number of aromatic nitrogens is 2. The molecular weight excluding hydrogens is 328 g/mol. The monoisotopic (exact) mass is 344 g/mol. The summed E-state index contributed by atoms with van der Waals surface area (Å²) in [6.45, 7) is 0. The first-order valence-corrected chi connectivity index (χ1v) is 9.11. The molecule has 126 valence electrons. The summed E-state index contributed by atoms with van der Waals surface area (Å²) >= 11 is 0. The Labute approximate surface area is 156 Å². The first-order chi connectivity index (χ1) is 13.3. The van der Waals surface area contributed by atoms with Gasteiger partial charge in [0, 0.05) is 51.6 Å². The Hall–Kier alpha value is -3.70. The molecule has 0 saturated carbocycles. The highest BCUT2D eigenvalue weighted by Gasteiger charge is 2.17. The summed E-state index contributed by atoms with van der Waals surface area (Å²) in [7, 11) is 2.13. The zero-order chi connectivity index (χ0) is 18.0. The second kappa shape index (κ2) is 5.16. The van der Waals surface area contributed by atoms with Gasteiger partial charge in [0.05, 0.1) is 11.2 Å². The molecule has 0 bridgehead atoms. The highest BCUT2D eigenvalue weighted by atomic mass is 15.0. The van der Waals surface area contributed by atoms with Gasteiger partial charge >= 0.3 is 0 Å². The molecule has 0 aliphatic heterocycles. The molecule has 2 aromatic heterocycles. The Morgan fingerprint density at radius 3 is 2.26 bits per heavy atom. The van der Waals surface area contributed by atoms with Crippen LogP contribution in [0.25, 0.3) is 50.5 Å². The Balaban J connectivity index is 1.74. The van der Waals surface area contributed by atoms with Crippen LogP contribution in [0.2, 0.25) is 0 Å². The van der Waals surface area contributed by atoms with Gasteiger partial charge in [-0.05, 0) is 36.4 Å². The van der Waals surface area contributed by atoms with E-state index in [0.717, 1.165) is 5.69 Å². The smallest absolute Gasteiger partial charge is 0.0631 e. The number of rotatable bonds is 1. The van der Waals surface area contributed by atoms with Gasteiger partial charge in [0.1, 0.15) is 0 Å². The summed E-state index contributed by atoms with van der Waals surface area (Å²) in [5.41, 5.74) is 13.5. The Bertz CT molecular complexity index is 1490. The van der Waals surface area contributed by atoms with Crippen molar-refractivity contribution in [2.75, 3.05) is 0 Å². The second-order valence-electron chi connectivity index (χ2n) is 7.01. The molecule has 0 radical (unpaired) electrons. The molecule has 2 heterocycles. The van der Waals surface area contributed by atoms with Crippen LogP contribution in [0.1, 0.15) is 11.3 Å². The van der Waals surface area contributed by atoms with E-state index in [1.54, 1.807) is 0 Å². The summed E-state index contributed by atoms with van der Waals surface area (Å²) in [4.78, 5) is 0. The fourth-order valence-corrected chi connectivity index (χ4v) is 4.38. The van der Waals surface area contributed by atoms with Gasteiger partial charge < -0.3 is 9.13 Å². The fourth-order valence-electron chi connectivity index (χ4n) is 4.38. The van der Waals surface area contributed by atoms with Crippen molar-refractivity contribution in [2.45, 2.75) is 0 Å². The molecular formula is C25H16N2. The highest BCUT2D eigenvalue weighted by molar-refractivity contribution is 6.09. The molecule has 0 N–H and O–H groups in total. The van der Waals surface area contributed by atoms with Gasteiger partial charge in [-0.2, -0.15) is 0 Å². The highest BCUT2D eigenvalue weighted by Crippen LogP contribution is 2.35. The Kier molecular flexibility index (Phi) is 2.76. The third-order valence-electron chi connectivity index (χ3n) is 5.62. The molecule has 6 rings (SSSR count). The van der Waals surface area contributed by atoms with Crippen LogP contribution in [0.5, 0.6) is 0 Å². The van der Waals surface area contributed by atoms with E-state index in [1.807, 2.05) is 12.2 Å². The standard InChI is InChI=1S/C25H16N2/c1-26-22-11-5-2-10-20(22)21-16-17(14-15-23(21)26)27-24-12-6-3-8-18(24)19-9-4-7-13-25(19)27/h2-3,5-6,8-16H,1H3. The molecule has 0 amide bonds. The Morgan fingerprint density at radius 1 is 0.667 bits per heavy atom. The van der Waals surface area contributed by atoms with Crippen LogP contribution in [-0.4, -0.2) is 9.13 Å². The van der Waals surface area contributed by atoms with E-state index in [9.17, 15) is 0 Å². The molecule has 1 aliphatic rings. The molecule has 2 nitrogen and oxygen atoms in total. The van der Waals surface area contributed by atoms with E-state index in [2.05, 4.69) is 94.4 Å². The quantitative estimate of drug-likeness (QED) is 0.320. The average Bonchev–Trinajstić information content (AvgIpc) is 3.21. The van der Waals surface area contributed by atoms with Gasteiger partial charge in [-0.25, -0.2) is 0 Å². The topological polar surface area (TPSA) is 9.86 Å². The largest absolute Gasteiger partial charge is 0.344 e. The normalized spacial score (nSPS) is 12.5. The van der Waals surface area contributed by atoms with Gasteiger partial charge in [0.25, 0.3) is 0 Å². The van der Waals surface area contributed by atoms with Gasteiger partial charge in [-0.3, -0.25) is 0 Å². The number of nitrogens with zero attached hydrogens (tertiary/aromatic N) is 2. The van der Waals surface area contributed by atoms with Crippen molar-refractivity contribution in [2.24, 2.45) is 7.05 Å². The van der Waals surface area contributed by atoms with E-state index >= 15 is 0 Å². The number of hydrogen-bond acceptors (Lipinski definition) is 0. The van der Waals surface area contributed by atoms with Crippen LogP contribution in [-0.2, 0) is 7.05 Å². The van der Waals surface area contributed by atoms with Crippen molar-refractivity contribution in [3.8, 4) is 5.69 Å². The lowest BCUT2D eigenvalue weighted by molar-refractivity contribution is 1.01. The summed E-state index contributed by atoms with van der Waals surface area (Å²) in [5, 5.41) is 3.82. The third kappa shape index (κ3) is 1.86. The Morgan fingerprint density at radius 2 is 1.37 bits per heavy atom. The number of para-hydroxylation sites is 2. The molecule has 0 atom stereocenters. The van der Waals surface area contributed by atoms with Crippen molar-refractivity contribution >= 4 is 44.9 Å². The maximum Gasteiger partial charge on any atom is 0.0631 e. The van der Waals surface area contributed by atoms with E-state index < -0.39 is 0 Å². The molecule has 0 saturated heterocycles. The SMILES string of the molecule is Cn1c2ccccc2c2cc(-n3c4c(c5ccccc53)C=C=C=C4)ccc21. The first kappa shape index (κ1) is 14.5. The zero-order valence-electron chi connectivity index (χ0n) is 14.9. The van der Waals surface area contributed by atoms with Crippen LogP contribution in [0.15, 0.2) is 78.2 Å². The van der Waals surface area contributed by atoms with Crippen LogP contribution < -0.4 is 0 Å². The van der Waals surface area contributed by atoms with Gasteiger partial charge in [0.15, 0.2) is 0 Å². The predicted molar refractivity (Wildman–Crippen MR) is 113 cm³/mol. The number of fused-ring (bicyclic) bond motifs is 6. The van der Waals surface area contributed by atoms with E-state index in [1.165, 1.54) is 44.0 Å². The molecule has 2 heteroatoms. The lowest BCUT2D eigenvalue weighted by Crippen LogP contribution is -1.97. The van der Waals surface area contributed by atoms with Crippen molar-refractivity contribution < 1.29 is 0 Å². The number of benzene rings is 3. The maximum atomic E-state index is 3.13. The molecule has 5 aromatic rings. The van der Waals surface area contributed by atoms with Crippen LogP contribution in [0.4, 0.5) is 0 Å². The minimum absolute atomic E-state index is 1.16. The van der Waals surface area contributed by atoms with Crippen molar-refractivity contribution in [1.29, 1.82) is 0 Å². The van der Waals surface area contributed by atoms with Crippen LogP contribution >= 0.6 is 0 Å².